The smallest absolute Gasteiger partial charge is 0.297 e. The average molecular weight is 274 g/mol. The number of nitrogens with zero attached hydrogens (tertiary/aromatic N) is 1. The Morgan fingerprint density at radius 3 is 2.33 bits per heavy atom. The van der Waals surface area contributed by atoms with Gasteiger partial charge in [0.05, 0.1) is 17.2 Å². The molecule has 0 saturated heterocycles. The number of rotatable bonds is 3. The van der Waals surface area contributed by atoms with Crippen LogP contribution in [0.5, 0.6) is 11.5 Å². The maximum atomic E-state index is 11.1. The Morgan fingerprint density at radius 2 is 1.83 bits per heavy atom. The van der Waals surface area contributed by atoms with E-state index < -0.39 is 14.9 Å². The summed E-state index contributed by atoms with van der Waals surface area (Å²) in [5, 5.41) is 10.9. The van der Waals surface area contributed by atoms with E-state index in [1.54, 1.807) is 0 Å². The van der Waals surface area contributed by atoms with Crippen molar-refractivity contribution >= 4 is 21.4 Å². The lowest BCUT2D eigenvalue weighted by Gasteiger charge is -2.19. The van der Waals surface area contributed by atoms with Crippen LogP contribution in [0, 0.1) is 10.1 Å². The summed E-state index contributed by atoms with van der Waals surface area (Å²) in [5.74, 6) is 0.505. The number of hydrogen-bond acceptors (Lipinski definition) is 6. The Morgan fingerprint density at radius 1 is 1.28 bits per heavy atom. The van der Waals surface area contributed by atoms with E-state index in [2.05, 4.69) is 4.72 Å². The highest BCUT2D eigenvalue weighted by atomic mass is 32.2. The summed E-state index contributed by atoms with van der Waals surface area (Å²) in [6, 6.07) is 2.38. The molecule has 1 aliphatic rings. The number of ether oxygens (including phenoxy) is 2. The second kappa shape index (κ2) is 4.33. The van der Waals surface area contributed by atoms with Crippen molar-refractivity contribution in [3.05, 3.63) is 22.2 Å². The van der Waals surface area contributed by atoms with Crippen molar-refractivity contribution in [2.24, 2.45) is 0 Å². The van der Waals surface area contributed by atoms with Crippen LogP contribution < -0.4 is 14.2 Å². The van der Waals surface area contributed by atoms with E-state index in [0.717, 1.165) is 12.3 Å². The summed E-state index contributed by atoms with van der Waals surface area (Å²) < 4.78 is 34.8. The van der Waals surface area contributed by atoms with Gasteiger partial charge in [0.25, 0.3) is 5.69 Å². The fourth-order valence-electron chi connectivity index (χ4n) is 1.51. The van der Waals surface area contributed by atoms with Crippen LogP contribution in [0.3, 0.4) is 0 Å². The number of benzene rings is 1. The zero-order valence-corrected chi connectivity index (χ0v) is 10.2. The zero-order valence-electron chi connectivity index (χ0n) is 9.37. The molecule has 0 aromatic heterocycles. The van der Waals surface area contributed by atoms with E-state index >= 15 is 0 Å². The van der Waals surface area contributed by atoms with Crippen LogP contribution in [0.25, 0.3) is 0 Å². The van der Waals surface area contributed by atoms with Crippen molar-refractivity contribution in [3.63, 3.8) is 0 Å². The predicted octanol–water partition coefficient (Wildman–Crippen LogP) is 0.737. The fourth-order valence-corrected chi connectivity index (χ4v) is 2.07. The minimum atomic E-state index is -3.61. The van der Waals surface area contributed by atoms with Gasteiger partial charge in [-0.2, -0.15) is 0 Å². The highest BCUT2D eigenvalue weighted by Crippen LogP contribution is 2.39. The summed E-state index contributed by atoms with van der Waals surface area (Å²) >= 11 is 0. The van der Waals surface area contributed by atoms with Crippen LogP contribution in [0.1, 0.15) is 0 Å². The van der Waals surface area contributed by atoms with Gasteiger partial charge >= 0.3 is 0 Å². The van der Waals surface area contributed by atoms with Gasteiger partial charge < -0.3 is 9.47 Å². The summed E-state index contributed by atoms with van der Waals surface area (Å²) in [7, 11) is -3.61. The Hall–Kier alpha value is -2.03. The highest BCUT2D eigenvalue weighted by Gasteiger charge is 2.23. The molecule has 0 radical (unpaired) electrons. The summed E-state index contributed by atoms with van der Waals surface area (Å²) in [5.41, 5.74) is -0.531. The van der Waals surface area contributed by atoms with E-state index in [1.807, 2.05) is 0 Å². The van der Waals surface area contributed by atoms with Crippen LogP contribution >= 0.6 is 0 Å². The topological polar surface area (TPSA) is 108 Å². The van der Waals surface area contributed by atoms with Gasteiger partial charge in [-0.05, 0) is 0 Å². The first-order chi connectivity index (χ1) is 8.37. The molecule has 1 heterocycles. The van der Waals surface area contributed by atoms with Crippen LogP contribution in [-0.4, -0.2) is 32.8 Å². The molecular formula is C9H10N2O6S. The third-order valence-corrected chi connectivity index (χ3v) is 2.74. The zero-order chi connectivity index (χ0) is 13.3. The van der Waals surface area contributed by atoms with Crippen molar-refractivity contribution in [2.75, 3.05) is 24.2 Å². The van der Waals surface area contributed by atoms with Gasteiger partial charge in [0.15, 0.2) is 11.5 Å². The lowest BCUT2D eigenvalue weighted by Crippen LogP contribution is -2.17. The van der Waals surface area contributed by atoms with Crippen LogP contribution in [0.15, 0.2) is 12.1 Å². The molecule has 9 heteroatoms. The largest absolute Gasteiger partial charge is 0.486 e. The molecule has 0 fully saturated rings. The van der Waals surface area contributed by atoms with Gasteiger partial charge in [-0.25, -0.2) is 8.42 Å². The quantitative estimate of drug-likeness (QED) is 0.643. The van der Waals surface area contributed by atoms with Crippen LogP contribution in [0.4, 0.5) is 11.4 Å². The van der Waals surface area contributed by atoms with E-state index in [1.165, 1.54) is 6.07 Å². The van der Waals surface area contributed by atoms with Gasteiger partial charge in [-0.1, -0.05) is 0 Å². The molecule has 1 aliphatic heterocycles. The van der Waals surface area contributed by atoms with Crippen molar-refractivity contribution in [3.8, 4) is 11.5 Å². The number of nitro groups is 1. The highest BCUT2D eigenvalue weighted by molar-refractivity contribution is 7.92. The molecular weight excluding hydrogens is 264 g/mol. The van der Waals surface area contributed by atoms with E-state index in [9.17, 15) is 18.5 Å². The molecule has 98 valence electrons. The summed E-state index contributed by atoms with van der Waals surface area (Å²) in [6.07, 6.45) is 0.910. The third-order valence-electron chi connectivity index (χ3n) is 2.15. The minimum absolute atomic E-state index is 0.147. The Labute approximate surface area is 103 Å². The molecule has 0 atom stereocenters. The minimum Gasteiger partial charge on any atom is -0.486 e. The Kier molecular flexibility index (Phi) is 2.99. The molecule has 0 bridgehead atoms. The number of anilines is 1. The molecule has 0 spiro atoms. The first kappa shape index (κ1) is 12.4. The lowest BCUT2D eigenvalue weighted by molar-refractivity contribution is -0.384. The van der Waals surface area contributed by atoms with Crippen LogP contribution in [-0.2, 0) is 10.0 Å². The Bertz CT molecular complexity index is 597. The van der Waals surface area contributed by atoms with Gasteiger partial charge in [-0.15, -0.1) is 0 Å². The lowest BCUT2D eigenvalue weighted by atomic mass is 10.2. The first-order valence-corrected chi connectivity index (χ1v) is 6.82. The third kappa shape index (κ3) is 2.62. The molecule has 1 N–H and O–H groups in total. The SMILES string of the molecule is CS(=O)(=O)Nc1cc2c(cc1[N+](=O)[O-])OCCO2. The number of sulfonamides is 1. The van der Waals surface area contributed by atoms with Gasteiger partial charge in [0.1, 0.15) is 18.9 Å². The van der Waals surface area contributed by atoms with Crippen molar-refractivity contribution in [2.45, 2.75) is 0 Å². The molecule has 0 amide bonds. The van der Waals surface area contributed by atoms with E-state index in [4.69, 9.17) is 9.47 Å². The number of hydrogen-bond donors (Lipinski definition) is 1. The van der Waals surface area contributed by atoms with Gasteiger partial charge in [0, 0.05) is 6.07 Å². The monoisotopic (exact) mass is 274 g/mol. The maximum Gasteiger partial charge on any atom is 0.297 e. The molecule has 0 aliphatic carbocycles. The number of nitrogens with one attached hydrogen (secondary N) is 1. The predicted molar refractivity (Wildman–Crippen MR) is 62.6 cm³/mol. The Balaban J connectivity index is 2.52. The standard InChI is InChI=1S/C9H10N2O6S/c1-18(14,15)10-6-4-8-9(17-3-2-16-8)5-7(6)11(12)13/h4-5,10H,2-3H2,1H3. The normalized spacial score (nSPS) is 14.1. The fraction of sp³-hybridized carbons (Fsp3) is 0.333. The van der Waals surface area contributed by atoms with Crippen molar-refractivity contribution in [1.82, 2.24) is 0 Å². The molecule has 18 heavy (non-hydrogen) atoms. The van der Waals surface area contributed by atoms with Crippen molar-refractivity contribution in [1.29, 1.82) is 0 Å². The van der Waals surface area contributed by atoms with E-state index in [-0.39, 0.29) is 22.9 Å². The number of nitro benzene ring substituents is 1. The number of fused-ring (bicyclic) bond motifs is 1. The first-order valence-electron chi connectivity index (χ1n) is 4.92. The van der Waals surface area contributed by atoms with Gasteiger partial charge in [0.2, 0.25) is 10.0 Å². The van der Waals surface area contributed by atoms with Crippen LogP contribution in [0.2, 0.25) is 0 Å². The second-order valence-electron chi connectivity index (χ2n) is 3.64. The summed E-state index contributed by atoms with van der Waals surface area (Å²) in [4.78, 5) is 10.2. The van der Waals surface area contributed by atoms with Gasteiger partial charge in [-0.3, -0.25) is 14.8 Å². The molecule has 0 saturated carbocycles. The molecule has 2 rings (SSSR count). The molecule has 1 aromatic rings. The second-order valence-corrected chi connectivity index (χ2v) is 5.39. The van der Waals surface area contributed by atoms with E-state index in [0.29, 0.717) is 13.2 Å². The average Bonchev–Trinajstić information content (AvgIpc) is 2.25. The molecule has 1 aromatic carbocycles. The summed E-state index contributed by atoms with van der Waals surface area (Å²) in [6.45, 7) is 0.603. The maximum absolute atomic E-state index is 11.1. The van der Waals surface area contributed by atoms with Crippen molar-refractivity contribution < 1.29 is 22.8 Å². The molecule has 0 unspecified atom stereocenters. The molecule has 8 nitrogen and oxygen atoms in total.